The summed E-state index contributed by atoms with van der Waals surface area (Å²) in [6.45, 7) is 5.29. The predicted octanol–water partition coefficient (Wildman–Crippen LogP) is 1.73. The average Bonchev–Trinajstić information content (AvgIpc) is 3.41. The van der Waals surface area contributed by atoms with Gasteiger partial charge in [0.05, 0.1) is 11.6 Å². The van der Waals surface area contributed by atoms with Crippen LogP contribution in [0.4, 0.5) is 0 Å². The Bertz CT molecular complexity index is 1200. The lowest BCUT2D eigenvalue weighted by Crippen LogP contribution is -2.47. The minimum absolute atomic E-state index is 0.0967. The number of aryl methyl sites for hydroxylation is 1. The molecule has 0 unspecified atom stereocenters. The van der Waals surface area contributed by atoms with Crippen LogP contribution < -0.4 is 11.1 Å². The van der Waals surface area contributed by atoms with Gasteiger partial charge in [0.2, 0.25) is 5.91 Å². The first kappa shape index (κ1) is 25.1. The molecule has 0 radical (unpaired) electrons. The number of amides is 4. The minimum Gasteiger partial charge on any atom is -0.365 e. The number of nitrogens with zero attached hydrogens (tertiary/aromatic N) is 4. The van der Waals surface area contributed by atoms with Crippen molar-refractivity contribution in [3.63, 3.8) is 0 Å². The van der Waals surface area contributed by atoms with Gasteiger partial charge in [-0.05, 0) is 36.6 Å². The van der Waals surface area contributed by atoms with E-state index in [9.17, 15) is 19.2 Å². The van der Waals surface area contributed by atoms with Gasteiger partial charge in [-0.2, -0.15) is 0 Å². The number of nitrogens with one attached hydrogen (secondary N) is 1. The number of hydrogen-bond acceptors (Lipinski definition) is 7. The first-order chi connectivity index (χ1) is 16.6. The molecule has 1 aromatic carbocycles. The molecule has 0 bridgehead atoms. The maximum atomic E-state index is 13.4. The summed E-state index contributed by atoms with van der Waals surface area (Å²) in [5, 5.41) is 7.27. The molecule has 186 valence electrons. The Kier molecular flexibility index (Phi) is 7.11. The van der Waals surface area contributed by atoms with Crippen molar-refractivity contribution < 1.29 is 19.2 Å². The van der Waals surface area contributed by atoms with Crippen molar-refractivity contribution in [2.24, 2.45) is 11.7 Å². The Balaban J connectivity index is 1.48. The van der Waals surface area contributed by atoms with Gasteiger partial charge in [0.25, 0.3) is 17.7 Å². The molecule has 3 heterocycles. The van der Waals surface area contributed by atoms with E-state index in [0.717, 1.165) is 35.4 Å². The number of rotatable bonds is 6. The molecule has 1 fully saturated rings. The lowest BCUT2D eigenvalue weighted by molar-refractivity contribution is -0.148. The van der Waals surface area contributed by atoms with Crippen LogP contribution in [-0.4, -0.2) is 70.2 Å². The predicted molar refractivity (Wildman–Crippen MR) is 131 cm³/mol. The average molecular weight is 519 g/mol. The largest absolute Gasteiger partial charge is 0.365 e. The molecule has 2 atom stereocenters. The summed E-state index contributed by atoms with van der Waals surface area (Å²) in [4.78, 5) is 56.6. The van der Waals surface area contributed by atoms with Gasteiger partial charge in [-0.3, -0.25) is 24.2 Å². The summed E-state index contributed by atoms with van der Waals surface area (Å²) < 4.78 is 0. The highest BCUT2D eigenvalue weighted by molar-refractivity contribution is 7.15. The molecule has 1 saturated heterocycles. The fraction of sp³-hybridized carbons (Fsp3) is 0.435. The van der Waals surface area contributed by atoms with Gasteiger partial charge in [0.1, 0.15) is 10.9 Å². The molecule has 0 aliphatic carbocycles. The summed E-state index contributed by atoms with van der Waals surface area (Å²) >= 11 is 7.14. The van der Waals surface area contributed by atoms with Gasteiger partial charge in [0.15, 0.2) is 5.01 Å². The number of nitrogens with two attached hydrogens (primary N) is 1. The lowest BCUT2D eigenvalue weighted by Gasteiger charge is -2.28. The number of primary amides is 1. The maximum absolute atomic E-state index is 13.4. The van der Waals surface area contributed by atoms with Crippen molar-refractivity contribution in [1.29, 1.82) is 0 Å². The van der Waals surface area contributed by atoms with E-state index in [4.69, 9.17) is 17.3 Å². The highest BCUT2D eigenvalue weighted by Gasteiger charge is 2.38. The Morgan fingerprint density at radius 1 is 1.34 bits per heavy atom. The Morgan fingerprint density at radius 3 is 2.77 bits per heavy atom. The van der Waals surface area contributed by atoms with Crippen LogP contribution in [0.3, 0.4) is 0 Å². The Morgan fingerprint density at radius 2 is 2.09 bits per heavy atom. The van der Waals surface area contributed by atoms with Crippen LogP contribution in [0.15, 0.2) is 18.2 Å². The third kappa shape index (κ3) is 5.02. The molecule has 4 rings (SSSR count). The van der Waals surface area contributed by atoms with Crippen LogP contribution >= 0.6 is 22.9 Å². The number of hydrazine groups is 1. The normalized spacial score (nSPS) is 18.5. The molecular formula is C23H27ClN6O4S. The van der Waals surface area contributed by atoms with Crippen LogP contribution in [0, 0.1) is 12.8 Å². The molecule has 2 aromatic rings. The van der Waals surface area contributed by atoms with Gasteiger partial charge in [-0.15, -0.1) is 11.3 Å². The zero-order valence-electron chi connectivity index (χ0n) is 19.7. The Labute approximate surface area is 212 Å². The monoisotopic (exact) mass is 518 g/mol. The summed E-state index contributed by atoms with van der Waals surface area (Å²) in [5.41, 5.74) is 7.33. The van der Waals surface area contributed by atoms with E-state index >= 15 is 0 Å². The number of halogens is 1. The minimum atomic E-state index is -0.846. The van der Waals surface area contributed by atoms with E-state index in [0.29, 0.717) is 23.8 Å². The molecular weight excluding hydrogens is 492 g/mol. The summed E-state index contributed by atoms with van der Waals surface area (Å²) in [6.07, 6.45) is 0.860. The summed E-state index contributed by atoms with van der Waals surface area (Å²) in [5.74, 6) is -2.21. The van der Waals surface area contributed by atoms with E-state index in [1.54, 1.807) is 38.0 Å². The van der Waals surface area contributed by atoms with E-state index in [2.05, 4.69) is 10.3 Å². The number of hydrogen-bond donors (Lipinski definition) is 2. The fourth-order valence-corrected chi connectivity index (χ4v) is 5.54. The lowest BCUT2D eigenvalue weighted by atomic mass is 9.98. The molecule has 2 aliphatic heterocycles. The molecule has 35 heavy (non-hydrogen) atoms. The first-order valence-corrected chi connectivity index (χ1v) is 12.4. The van der Waals surface area contributed by atoms with E-state index in [1.165, 1.54) is 4.90 Å². The smallest absolute Gasteiger partial charge is 0.282 e. The van der Waals surface area contributed by atoms with Crippen molar-refractivity contribution in [2.75, 3.05) is 26.7 Å². The third-order valence-electron chi connectivity index (χ3n) is 6.23. The third-order valence-corrected chi connectivity index (χ3v) is 7.62. The van der Waals surface area contributed by atoms with E-state index in [-0.39, 0.29) is 28.2 Å². The van der Waals surface area contributed by atoms with E-state index < -0.39 is 23.8 Å². The van der Waals surface area contributed by atoms with Crippen molar-refractivity contribution in [3.8, 4) is 0 Å². The van der Waals surface area contributed by atoms with E-state index in [1.807, 2.05) is 11.1 Å². The second kappa shape index (κ2) is 9.92. The molecule has 0 saturated carbocycles. The number of fused-ring (bicyclic) bond motifs is 2. The molecule has 12 heteroatoms. The SMILES string of the molecule is Cc1nc(C(=O)N(C)C[C@@H](C)C(=O)N[C@H]2C(=O)N3CCCN3Cc3cc(Cl)ccc32)sc1C(N)=O. The van der Waals surface area contributed by atoms with Crippen LogP contribution in [-0.2, 0) is 16.1 Å². The topological polar surface area (TPSA) is 129 Å². The van der Waals surface area contributed by atoms with Crippen LogP contribution in [0.5, 0.6) is 0 Å². The molecule has 4 amide bonds. The number of carbonyl (C=O) groups is 4. The van der Waals surface area contributed by atoms with Gasteiger partial charge < -0.3 is 16.0 Å². The van der Waals surface area contributed by atoms with Gasteiger partial charge in [0, 0.05) is 38.2 Å². The molecule has 10 nitrogen and oxygen atoms in total. The zero-order valence-corrected chi connectivity index (χ0v) is 21.3. The second-order valence-electron chi connectivity index (χ2n) is 8.87. The Hall–Kier alpha value is -3.02. The standard InChI is InChI=1S/C23H27ClN6O4S/c1-12(10-28(3)23(34)21-26-13(2)18(35-21)19(25)31)20(32)27-17-16-6-5-15(24)9-14(16)11-29-7-4-8-30(29)22(17)33/h5-6,9,12,17H,4,7-8,10-11H2,1-3H3,(H2,25,31)(H,27,32)/t12-,17-/m1/s1. The highest BCUT2D eigenvalue weighted by atomic mass is 35.5. The summed E-state index contributed by atoms with van der Waals surface area (Å²) in [7, 11) is 1.56. The summed E-state index contributed by atoms with van der Waals surface area (Å²) in [6, 6.07) is 4.48. The van der Waals surface area contributed by atoms with Crippen LogP contribution in [0.2, 0.25) is 5.02 Å². The molecule has 1 aromatic heterocycles. The van der Waals surface area contributed by atoms with Gasteiger partial charge in [-0.25, -0.2) is 9.99 Å². The van der Waals surface area contributed by atoms with Crippen molar-refractivity contribution in [1.82, 2.24) is 25.2 Å². The number of benzene rings is 1. The highest BCUT2D eigenvalue weighted by Crippen LogP contribution is 2.31. The van der Waals surface area contributed by atoms with Gasteiger partial charge in [-0.1, -0.05) is 24.6 Å². The molecule has 2 aliphatic rings. The van der Waals surface area contributed by atoms with Crippen molar-refractivity contribution >= 4 is 46.6 Å². The number of thiazole rings is 1. The number of aromatic nitrogens is 1. The maximum Gasteiger partial charge on any atom is 0.282 e. The fourth-order valence-electron chi connectivity index (χ4n) is 4.43. The van der Waals surface area contributed by atoms with Crippen LogP contribution in [0.25, 0.3) is 0 Å². The van der Waals surface area contributed by atoms with Gasteiger partial charge >= 0.3 is 0 Å². The number of carbonyl (C=O) groups excluding carboxylic acids is 4. The van der Waals surface area contributed by atoms with Crippen molar-refractivity contribution in [3.05, 3.63) is 49.9 Å². The van der Waals surface area contributed by atoms with Crippen molar-refractivity contribution in [2.45, 2.75) is 32.9 Å². The van der Waals surface area contributed by atoms with Crippen LogP contribution in [0.1, 0.15) is 55.7 Å². The second-order valence-corrected chi connectivity index (χ2v) is 10.3. The zero-order chi connectivity index (χ0) is 25.4. The molecule has 0 spiro atoms. The quantitative estimate of drug-likeness (QED) is 0.599. The molecule has 3 N–H and O–H groups in total. The first-order valence-electron chi connectivity index (χ1n) is 11.2.